The van der Waals surface area contributed by atoms with Gasteiger partial charge in [-0.05, 0) is 77.2 Å². The summed E-state index contributed by atoms with van der Waals surface area (Å²) in [6.45, 7) is 5.31. The molecule has 1 N–H and O–H groups in total. The molecular formula is C16H32N2. The highest BCUT2D eigenvalue weighted by Gasteiger charge is 2.36. The molecule has 1 spiro atoms. The maximum Gasteiger partial charge on any atom is -0.00134 e. The number of rotatable bonds is 7. The summed E-state index contributed by atoms with van der Waals surface area (Å²) in [5.74, 6) is 0. The lowest BCUT2D eigenvalue weighted by atomic mass is 9.77. The summed E-state index contributed by atoms with van der Waals surface area (Å²) in [6, 6.07) is 0. The average molecular weight is 252 g/mol. The van der Waals surface area contributed by atoms with Crippen molar-refractivity contribution in [3.8, 4) is 0 Å². The summed E-state index contributed by atoms with van der Waals surface area (Å²) >= 11 is 0. The van der Waals surface area contributed by atoms with Crippen LogP contribution in [0.2, 0.25) is 0 Å². The number of likely N-dealkylation sites (tertiary alicyclic amines) is 1. The molecule has 0 radical (unpaired) electrons. The van der Waals surface area contributed by atoms with Crippen molar-refractivity contribution in [1.82, 2.24) is 10.2 Å². The number of hydrogen-bond donors (Lipinski definition) is 1. The Labute approximate surface area is 114 Å². The molecule has 2 rings (SSSR count). The van der Waals surface area contributed by atoms with Gasteiger partial charge in [0.2, 0.25) is 0 Å². The first-order valence-electron chi connectivity index (χ1n) is 8.22. The predicted molar refractivity (Wildman–Crippen MR) is 79.0 cm³/mol. The lowest BCUT2D eigenvalue weighted by Gasteiger charge is -2.39. The second-order valence-electron chi connectivity index (χ2n) is 6.57. The average Bonchev–Trinajstić information content (AvgIpc) is 2.85. The number of piperidine rings is 1. The molecule has 2 fully saturated rings. The van der Waals surface area contributed by atoms with Crippen LogP contribution in [0.15, 0.2) is 0 Å². The minimum atomic E-state index is 0.795. The fraction of sp³-hybridized carbons (Fsp3) is 1.00. The van der Waals surface area contributed by atoms with Crippen LogP contribution in [0.25, 0.3) is 0 Å². The third-order valence-electron chi connectivity index (χ3n) is 5.23. The monoisotopic (exact) mass is 252 g/mol. The molecule has 1 aliphatic carbocycles. The topological polar surface area (TPSA) is 15.3 Å². The molecule has 0 aromatic carbocycles. The molecule has 1 aliphatic heterocycles. The highest BCUT2D eigenvalue weighted by atomic mass is 15.1. The smallest absolute Gasteiger partial charge is 0.00134 e. The zero-order valence-corrected chi connectivity index (χ0v) is 12.3. The van der Waals surface area contributed by atoms with Gasteiger partial charge in [0.1, 0.15) is 0 Å². The molecule has 106 valence electrons. The Morgan fingerprint density at radius 2 is 1.56 bits per heavy atom. The molecule has 1 heterocycles. The van der Waals surface area contributed by atoms with E-state index in [1.807, 2.05) is 7.05 Å². The van der Waals surface area contributed by atoms with Gasteiger partial charge in [0.05, 0.1) is 0 Å². The molecule has 0 unspecified atom stereocenters. The highest BCUT2D eigenvalue weighted by Crippen LogP contribution is 2.46. The van der Waals surface area contributed by atoms with Crippen molar-refractivity contribution in [3.05, 3.63) is 0 Å². The zero-order chi connectivity index (χ0) is 12.7. The second kappa shape index (κ2) is 7.49. The van der Waals surface area contributed by atoms with E-state index in [4.69, 9.17) is 0 Å². The maximum atomic E-state index is 3.23. The summed E-state index contributed by atoms with van der Waals surface area (Å²) in [6.07, 6.45) is 14.6. The minimum absolute atomic E-state index is 0.795. The van der Waals surface area contributed by atoms with Crippen LogP contribution in [0.4, 0.5) is 0 Å². The first-order valence-corrected chi connectivity index (χ1v) is 8.22. The van der Waals surface area contributed by atoms with Crippen LogP contribution in [-0.4, -0.2) is 38.1 Å². The van der Waals surface area contributed by atoms with Gasteiger partial charge in [-0.3, -0.25) is 0 Å². The van der Waals surface area contributed by atoms with Gasteiger partial charge in [0.15, 0.2) is 0 Å². The van der Waals surface area contributed by atoms with Crippen LogP contribution < -0.4 is 5.32 Å². The van der Waals surface area contributed by atoms with Gasteiger partial charge < -0.3 is 10.2 Å². The van der Waals surface area contributed by atoms with Gasteiger partial charge in [-0.2, -0.15) is 0 Å². The lowest BCUT2D eigenvalue weighted by molar-refractivity contribution is 0.107. The van der Waals surface area contributed by atoms with Crippen LogP contribution in [-0.2, 0) is 0 Å². The molecule has 1 saturated heterocycles. The Morgan fingerprint density at radius 1 is 0.889 bits per heavy atom. The summed E-state index contributed by atoms with van der Waals surface area (Å²) in [5, 5.41) is 3.23. The van der Waals surface area contributed by atoms with Crippen molar-refractivity contribution < 1.29 is 0 Å². The summed E-state index contributed by atoms with van der Waals surface area (Å²) in [7, 11) is 2.05. The SMILES string of the molecule is CNCCCCCCN1CCC2(CCCC2)CC1. The Hall–Kier alpha value is -0.0800. The van der Waals surface area contributed by atoms with E-state index in [9.17, 15) is 0 Å². The maximum absolute atomic E-state index is 3.23. The van der Waals surface area contributed by atoms with Crippen molar-refractivity contribution in [2.45, 2.75) is 64.2 Å². The molecule has 1 saturated carbocycles. The third kappa shape index (κ3) is 4.24. The van der Waals surface area contributed by atoms with E-state index in [0.717, 1.165) is 5.41 Å². The van der Waals surface area contributed by atoms with Gasteiger partial charge in [-0.15, -0.1) is 0 Å². The zero-order valence-electron chi connectivity index (χ0n) is 12.3. The number of nitrogens with zero attached hydrogens (tertiary/aromatic N) is 1. The molecule has 0 aromatic rings. The van der Waals surface area contributed by atoms with Crippen molar-refractivity contribution in [3.63, 3.8) is 0 Å². The molecule has 2 heteroatoms. The number of nitrogens with one attached hydrogen (secondary N) is 1. The van der Waals surface area contributed by atoms with Gasteiger partial charge in [0.25, 0.3) is 0 Å². The van der Waals surface area contributed by atoms with Crippen LogP contribution in [0.5, 0.6) is 0 Å². The molecule has 0 atom stereocenters. The Balaban J connectivity index is 1.51. The summed E-state index contributed by atoms with van der Waals surface area (Å²) in [4.78, 5) is 2.72. The van der Waals surface area contributed by atoms with Crippen molar-refractivity contribution in [1.29, 1.82) is 0 Å². The molecule has 0 bridgehead atoms. The quantitative estimate of drug-likeness (QED) is 0.698. The lowest BCUT2D eigenvalue weighted by Crippen LogP contribution is -2.39. The van der Waals surface area contributed by atoms with Crippen LogP contribution in [0.3, 0.4) is 0 Å². The summed E-state index contributed by atoms with van der Waals surface area (Å²) in [5.41, 5.74) is 0.795. The van der Waals surface area contributed by atoms with Crippen molar-refractivity contribution in [2.75, 3.05) is 33.2 Å². The van der Waals surface area contributed by atoms with E-state index in [-0.39, 0.29) is 0 Å². The van der Waals surface area contributed by atoms with Gasteiger partial charge in [-0.1, -0.05) is 25.7 Å². The molecule has 0 amide bonds. The van der Waals surface area contributed by atoms with Crippen molar-refractivity contribution in [2.24, 2.45) is 5.41 Å². The van der Waals surface area contributed by atoms with E-state index in [0.29, 0.717) is 0 Å². The van der Waals surface area contributed by atoms with E-state index >= 15 is 0 Å². The highest BCUT2D eigenvalue weighted by molar-refractivity contribution is 4.89. The molecular weight excluding hydrogens is 220 g/mol. The fourth-order valence-corrected chi connectivity index (χ4v) is 3.87. The number of unbranched alkanes of at least 4 members (excludes halogenated alkanes) is 3. The van der Waals surface area contributed by atoms with E-state index < -0.39 is 0 Å². The van der Waals surface area contributed by atoms with Crippen LogP contribution >= 0.6 is 0 Å². The molecule has 0 aromatic heterocycles. The van der Waals surface area contributed by atoms with E-state index in [2.05, 4.69) is 10.2 Å². The van der Waals surface area contributed by atoms with Crippen LogP contribution in [0, 0.1) is 5.41 Å². The van der Waals surface area contributed by atoms with Gasteiger partial charge in [0, 0.05) is 0 Å². The van der Waals surface area contributed by atoms with E-state index in [1.165, 1.54) is 90.4 Å². The largest absolute Gasteiger partial charge is 0.320 e. The first-order chi connectivity index (χ1) is 8.85. The Morgan fingerprint density at radius 3 is 2.22 bits per heavy atom. The number of hydrogen-bond acceptors (Lipinski definition) is 2. The standard InChI is InChI=1S/C16H32N2/c1-17-12-6-2-3-7-13-18-14-10-16(11-15-18)8-4-5-9-16/h17H,2-15H2,1H3. The summed E-state index contributed by atoms with van der Waals surface area (Å²) < 4.78 is 0. The van der Waals surface area contributed by atoms with Gasteiger partial charge in [-0.25, -0.2) is 0 Å². The van der Waals surface area contributed by atoms with E-state index in [1.54, 1.807) is 0 Å². The molecule has 2 aliphatic rings. The van der Waals surface area contributed by atoms with Crippen LogP contribution in [0.1, 0.15) is 64.2 Å². The Kier molecular flexibility index (Phi) is 5.97. The molecule has 2 nitrogen and oxygen atoms in total. The second-order valence-corrected chi connectivity index (χ2v) is 6.57. The van der Waals surface area contributed by atoms with Gasteiger partial charge >= 0.3 is 0 Å². The third-order valence-corrected chi connectivity index (χ3v) is 5.23. The predicted octanol–water partition coefficient (Wildman–Crippen LogP) is 3.42. The normalized spacial score (nSPS) is 23.8. The fourth-order valence-electron chi connectivity index (χ4n) is 3.87. The van der Waals surface area contributed by atoms with Crippen molar-refractivity contribution >= 4 is 0 Å². The first kappa shape index (κ1) is 14.3. The molecule has 18 heavy (non-hydrogen) atoms. The Bertz CT molecular complexity index is 211. The minimum Gasteiger partial charge on any atom is -0.320 e.